The predicted molar refractivity (Wildman–Crippen MR) is 134 cm³/mol. The number of aromatic nitrogens is 1. The molecular weight excluding hydrogens is 426 g/mol. The van der Waals surface area contributed by atoms with Crippen LogP contribution in [0, 0.1) is 12.8 Å². The van der Waals surface area contributed by atoms with Crippen LogP contribution in [-0.2, 0) is 17.6 Å². The Morgan fingerprint density at radius 1 is 1.24 bits per heavy atom. The van der Waals surface area contributed by atoms with Gasteiger partial charge < -0.3 is 14.3 Å². The van der Waals surface area contributed by atoms with Crippen LogP contribution in [0.4, 0.5) is 0 Å². The van der Waals surface area contributed by atoms with Gasteiger partial charge in [-0.25, -0.2) is 4.98 Å². The second-order valence-electron chi connectivity index (χ2n) is 9.38. The molecule has 0 bridgehead atoms. The van der Waals surface area contributed by atoms with Gasteiger partial charge in [-0.2, -0.15) is 0 Å². The molecule has 0 amide bonds. The molecule has 0 fully saturated rings. The highest BCUT2D eigenvalue weighted by Crippen LogP contribution is 2.39. The van der Waals surface area contributed by atoms with Gasteiger partial charge >= 0.3 is 5.97 Å². The summed E-state index contributed by atoms with van der Waals surface area (Å²) in [5.41, 5.74) is 6.56. The fourth-order valence-corrected chi connectivity index (χ4v) is 4.57. The Kier molecular flexibility index (Phi) is 7.20. The third kappa shape index (κ3) is 5.24. The fourth-order valence-electron chi connectivity index (χ4n) is 4.57. The molecule has 0 aliphatic heterocycles. The number of allylic oxidation sites excluding steroid dienone is 1. The van der Waals surface area contributed by atoms with Crippen molar-refractivity contribution < 1.29 is 19.1 Å². The molecule has 1 aliphatic carbocycles. The second-order valence-corrected chi connectivity index (χ2v) is 9.38. The Hall–Kier alpha value is -3.34. The lowest BCUT2D eigenvalue weighted by Gasteiger charge is -2.27. The molecule has 1 atom stereocenters. The molecule has 1 N–H and O–H groups in total. The number of benzene rings is 2. The van der Waals surface area contributed by atoms with E-state index in [1.165, 1.54) is 11.1 Å². The van der Waals surface area contributed by atoms with Crippen molar-refractivity contribution in [2.24, 2.45) is 5.92 Å². The van der Waals surface area contributed by atoms with Crippen molar-refractivity contribution in [2.45, 2.75) is 59.3 Å². The number of aliphatic carboxylic acids is 1. The van der Waals surface area contributed by atoms with Crippen LogP contribution in [0.15, 0.2) is 53.0 Å². The molecule has 1 unspecified atom stereocenters. The topological polar surface area (TPSA) is 72.6 Å². The number of hydrogen-bond donors (Lipinski definition) is 1. The van der Waals surface area contributed by atoms with Gasteiger partial charge in [-0.1, -0.05) is 51.1 Å². The van der Waals surface area contributed by atoms with Gasteiger partial charge in [-0.3, -0.25) is 4.79 Å². The predicted octanol–water partition coefficient (Wildman–Crippen LogP) is 6.84. The van der Waals surface area contributed by atoms with Crippen LogP contribution in [0.25, 0.3) is 17.0 Å². The average Bonchev–Trinajstić information content (AvgIpc) is 3.18. The number of ether oxygens (including phenoxy) is 1. The number of fused-ring (bicyclic) bond motifs is 1. The summed E-state index contributed by atoms with van der Waals surface area (Å²) in [6.45, 7) is 8.96. The number of carboxylic acids is 1. The van der Waals surface area contributed by atoms with Crippen LogP contribution in [0.3, 0.4) is 0 Å². The first-order valence-electron chi connectivity index (χ1n) is 12.1. The van der Waals surface area contributed by atoms with Crippen molar-refractivity contribution in [3.8, 4) is 17.2 Å². The van der Waals surface area contributed by atoms with E-state index in [4.69, 9.17) is 19.2 Å². The van der Waals surface area contributed by atoms with E-state index < -0.39 is 5.97 Å². The third-order valence-electron chi connectivity index (χ3n) is 6.61. The monoisotopic (exact) mass is 459 g/mol. The van der Waals surface area contributed by atoms with Crippen LogP contribution < -0.4 is 4.74 Å². The Morgan fingerprint density at radius 3 is 2.71 bits per heavy atom. The number of carbonyl (C=O) groups is 1. The van der Waals surface area contributed by atoms with E-state index in [2.05, 4.69) is 51.1 Å². The van der Waals surface area contributed by atoms with Gasteiger partial charge in [0.05, 0.1) is 18.7 Å². The number of aryl methyl sites for hydroxylation is 1. The molecule has 2 aromatic carbocycles. The number of rotatable bonds is 8. The normalized spacial score (nSPS) is 16.6. The Balaban J connectivity index is 1.45. The lowest BCUT2D eigenvalue weighted by atomic mass is 9.79. The van der Waals surface area contributed by atoms with E-state index in [-0.39, 0.29) is 6.42 Å². The van der Waals surface area contributed by atoms with Crippen molar-refractivity contribution in [1.29, 1.82) is 0 Å². The molecule has 34 heavy (non-hydrogen) atoms. The molecule has 1 heterocycles. The lowest BCUT2D eigenvalue weighted by Crippen LogP contribution is -2.13. The molecule has 0 radical (unpaired) electrons. The highest BCUT2D eigenvalue weighted by molar-refractivity contribution is 5.77. The van der Waals surface area contributed by atoms with Crippen LogP contribution in [0.1, 0.15) is 67.7 Å². The minimum atomic E-state index is -0.808. The summed E-state index contributed by atoms with van der Waals surface area (Å²) in [5, 5.41) is 9.11. The van der Waals surface area contributed by atoms with E-state index in [0.29, 0.717) is 30.8 Å². The molecule has 1 aliphatic rings. The van der Waals surface area contributed by atoms with E-state index in [1.54, 1.807) is 0 Å². The van der Waals surface area contributed by atoms with Crippen LogP contribution in [0.2, 0.25) is 0 Å². The fraction of sp³-hybridized carbons (Fsp3) is 0.379. The zero-order valence-electron chi connectivity index (χ0n) is 20.4. The van der Waals surface area contributed by atoms with Gasteiger partial charge in [0.15, 0.2) is 0 Å². The van der Waals surface area contributed by atoms with Gasteiger partial charge in [0, 0.05) is 17.5 Å². The number of hydrogen-bond acceptors (Lipinski definition) is 4. The van der Waals surface area contributed by atoms with Crippen molar-refractivity contribution >= 4 is 11.5 Å². The van der Waals surface area contributed by atoms with E-state index >= 15 is 0 Å². The molecule has 1 aromatic heterocycles. The molecule has 0 saturated carbocycles. The molecule has 5 nitrogen and oxygen atoms in total. The van der Waals surface area contributed by atoms with Crippen molar-refractivity contribution in [3.05, 3.63) is 76.7 Å². The first-order valence-corrected chi connectivity index (χ1v) is 12.1. The standard InChI is InChI=1S/C29H33NO4/c1-18(2)21-9-11-22(12-10-21)29-30-26(20(4)34-29)16-17-33-27-7-5-6-24-23(14-15-28(31)32)19(3)8-13-25(24)27/h5-7,9-12,14,18-19H,8,13,15-17H2,1-4H3,(H,31,32)/b23-14-. The average molecular weight is 460 g/mol. The molecule has 3 aromatic rings. The summed E-state index contributed by atoms with van der Waals surface area (Å²) >= 11 is 0. The van der Waals surface area contributed by atoms with E-state index in [1.807, 2.05) is 25.1 Å². The summed E-state index contributed by atoms with van der Waals surface area (Å²) in [6, 6.07) is 14.4. The van der Waals surface area contributed by atoms with Gasteiger partial charge in [-0.15, -0.1) is 0 Å². The minimum Gasteiger partial charge on any atom is -0.493 e. The summed E-state index contributed by atoms with van der Waals surface area (Å²) in [5.74, 6) is 2.35. The Bertz CT molecular complexity index is 1190. The number of oxazole rings is 1. The quantitative estimate of drug-likeness (QED) is 0.399. The number of carboxylic acid groups (broad SMARTS) is 1. The molecule has 5 heteroatoms. The van der Waals surface area contributed by atoms with Crippen molar-refractivity contribution in [2.75, 3.05) is 6.61 Å². The summed E-state index contributed by atoms with van der Waals surface area (Å²) < 4.78 is 12.1. The maximum Gasteiger partial charge on any atom is 0.307 e. The first-order chi connectivity index (χ1) is 16.3. The highest BCUT2D eigenvalue weighted by Gasteiger charge is 2.23. The van der Waals surface area contributed by atoms with Crippen LogP contribution in [0.5, 0.6) is 5.75 Å². The van der Waals surface area contributed by atoms with Gasteiger partial charge in [0.2, 0.25) is 5.89 Å². The maximum atomic E-state index is 11.1. The summed E-state index contributed by atoms with van der Waals surface area (Å²) in [4.78, 5) is 15.8. The largest absolute Gasteiger partial charge is 0.493 e. The Morgan fingerprint density at radius 2 is 2.00 bits per heavy atom. The van der Waals surface area contributed by atoms with Gasteiger partial charge in [-0.05, 0) is 66.5 Å². The minimum absolute atomic E-state index is 0.0398. The summed E-state index contributed by atoms with van der Waals surface area (Å²) in [6.07, 6.45) is 4.46. The number of nitrogens with zero attached hydrogens (tertiary/aromatic N) is 1. The zero-order chi connectivity index (χ0) is 24.2. The third-order valence-corrected chi connectivity index (χ3v) is 6.61. The smallest absolute Gasteiger partial charge is 0.307 e. The van der Waals surface area contributed by atoms with Crippen LogP contribution in [-0.4, -0.2) is 22.7 Å². The van der Waals surface area contributed by atoms with Crippen molar-refractivity contribution in [3.63, 3.8) is 0 Å². The summed E-state index contributed by atoms with van der Waals surface area (Å²) in [7, 11) is 0. The molecule has 0 saturated heterocycles. The maximum absolute atomic E-state index is 11.1. The lowest BCUT2D eigenvalue weighted by molar-refractivity contribution is -0.136. The van der Waals surface area contributed by atoms with Crippen molar-refractivity contribution in [1.82, 2.24) is 4.98 Å². The van der Waals surface area contributed by atoms with Gasteiger partial charge in [0.1, 0.15) is 11.5 Å². The first kappa shape index (κ1) is 23.8. The Labute approximate surface area is 201 Å². The van der Waals surface area contributed by atoms with E-state index in [0.717, 1.165) is 46.7 Å². The molecule has 4 rings (SSSR count). The van der Waals surface area contributed by atoms with Crippen LogP contribution >= 0.6 is 0 Å². The highest BCUT2D eigenvalue weighted by atomic mass is 16.5. The molecule has 0 spiro atoms. The molecule has 178 valence electrons. The van der Waals surface area contributed by atoms with E-state index in [9.17, 15) is 4.79 Å². The SMILES string of the molecule is Cc1oc(-c2ccc(C(C)C)cc2)nc1CCOc1cccc2c1CCC(C)/C2=C/CC(=O)O. The molecular formula is C29H33NO4. The second kappa shape index (κ2) is 10.3. The van der Waals surface area contributed by atoms with Gasteiger partial charge in [0.25, 0.3) is 0 Å². The zero-order valence-corrected chi connectivity index (χ0v) is 20.4.